The van der Waals surface area contributed by atoms with Crippen molar-refractivity contribution in [2.45, 2.75) is 11.3 Å². The number of hydrogen-bond donors (Lipinski definition) is 1. The SMILES string of the molecule is CCN(C(=O)CSc1nnc(NC)s1)c1nc2ccccc2s1. The Hall–Kier alpha value is -1.71. The summed E-state index contributed by atoms with van der Waals surface area (Å²) in [5.74, 6) is 0.347. The quantitative estimate of drug-likeness (QED) is 0.676. The molecule has 0 bridgehead atoms. The number of nitrogens with zero attached hydrogens (tertiary/aromatic N) is 4. The van der Waals surface area contributed by atoms with Crippen LogP contribution in [0.15, 0.2) is 28.6 Å². The van der Waals surface area contributed by atoms with Gasteiger partial charge >= 0.3 is 0 Å². The minimum absolute atomic E-state index is 0.0257. The van der Waals surface area contributed by atoms with Gasteiger partial charge in [0.1, 0.15) is 0 Å². The van der Waals surface area contributed by atoms with Crippen molar-refractivity contribution in [1.82, 2.24) is 15.2 Å². The lowest BCUT2D eigenvalue weighted by atomic mass is 10.3. The van der Waals surface area contributed by atoms with E-state index in [9.17, 15) is 4.79 Å². The van der Waals surface area contributed by atoms with Gasteiger partial charge in [-0.3, -0.25) is 9.69 Å². The van der Waals surface area contributed by atoms with E-state index in [2.05, 4.69) is 20.5 Å². The van der Waals surface area contributed by atoms with E-state index in [1.54, 1.807) is 11.9 Å². The van der Waals surface area contributed by atoms with Gasteiger partial charge in [-0.15, -0.1) is 10.2 Å². The number of carbonyl (C=O) groups excluding carboxylic acids is 1. The molecular formula is C14H15N5OS3. The molecule has 23 heavy (non-hydrogen) atoms. The van der Waals surface area contributed by atoms with Crippen molar-refractivity contribution in [2.24, 2.45) is 0 Å². The molecule has 9 heteroatoms. The Balaban J connectivity index is 1.70. The highest BCUT2D eigenvalue weighted by Gasteiger charge is 2.19. The Morgan fingerprint density at radius 1 is 1.30 bits per heavy atom. The molecule has 3 aromatic rings. The number of para-hydroxylation sites is 1. The molecule has 0 aliphatic heterocycles. The smallest absolute Gasteiger partial charge is 0.239 e. The van der Waals surface area contributed by atoms with Crippen LogP contribution >= 0.6 is 34.4 Å². The Bertz CT molecular complexity index is 782. The maximum atomic E-state index is 12.5. The third-order valence-electron chi connectivity index (χ3n) is 3.07. The van der Waals surface area contributed by atoms with Gasteiger partial charge in [0.2, 0.25) is 11.0 Å². The van der Waals surface area contributed by atoms with Crippen molar-refractivity contribution in [3.8, 4) is 0 Å². The minimum atomic E-state index is 0.0257. The second kappa shape index (κ2) is 7.24. The Labute approximate surface area is 145 Å². The lowest BCUT2D eigenvalue weighted by Gasteiger charge is -2.16. The van der Waals surface area contributed by atoms with Crippen molar-refractivity contribution in [1.29, 1.82) is 0 Å². The molecule has 0 atom stereocenters. The van der Waals surface area contributed by atoms with Crippen LogP contribution in [0.4, 0.5) is 10.3 Å². The molecule has 6 nitrogen and oxygen atoms in total. The topological polar surface area (TPSA) is 71.0 Å². The molecule has 1 aromatic carbocycles. The summed E-state index contributed by atoms with van der Waals surface area (Å²) in [7, 11) is 1.80. The molecule has 0 radical (unpaired) electrons. The molecule has 0 saturated carbocycles. The van der Waals surface area contributed by atoms with Crippen LogP contribution in [0.5, 0.6) is 0 Å². The third-order valence-corrected chi connectivity index (χ3v) is 6.19. The molecule has 3 rings (SSSR count). The van der Waals surface area contributed by atoms with Crippen LogP contribution in [0.1, 0.15) is 6.92 Å². The zero-order valence-electron chi connectivity index (χ0n) is 12.6. The van der Waals surface area contributed by atoms with Gasteiger partial charge in [-0.2, -0.15) is 0 Å². The summed E-state index contributed by atoms with van der Waals surface area (Å²) in [6, 6.07) is 7.91. The molecule has 0 aliphatic carbocycles. The Kier molecular flexibility index (Phi) is 5.09. The molecule has 0 spiro atoms. The molecule has 0 saturated heterocycles. The summed E-state index contributed by atoms with van der Waals surface area (Å²) in [4.78, 5) is 18.8. The largest absolute Gasteiger partial charge is 0.363 e. The van der Waals surface area contributed by atoms with E-state index >= 15 is 0 Å². The molecular weight excluding hydrogens is 350 g/mol. The maximum absolute atomic E-state index is 12.5. The number of anilines is 2. The number of thioether (sulfide) groups is 1. The van der Waals surface area contributed by atoms with Gasteiger partial charge in [-0.05, 0) is 19.1 Å². The summed E-state index contributed by atoms with van der Waals surface area (Å²) in [5.41, 5.74) is 0.925. The van der Waals surface area contributed by atoms with Gasteiger partial charge in [-0.1, -0.05) is 46.6 Å². The van der Waals surface area contributed by atoms with Gasteiger partial charge < -0.3 is 5.32 Å². The Morgan fingerprint density at radius 3 is 2.83 bits per heavy atom. The predicted molar refractivity (Wildman–Crippen MR) is 97.8 cm³/mol. The van der Waals surface area contributed by atoms with E-state index < -0.39 is 0 Å². The van der Waals surface area contributed by atoms with E-state index in [-0.39, 0.29) is 5.91 Å². The summed E-state index contributed by atoms with van der Waals surface area (Å²) in [6.07, 6.45) is 0. The zero-order chi connectivity index (χ0) is 16.2. The fourth-order valence-electron chi connectivity index (χ4n) is 1.96. The van der Waals surface area contributed by atoms with Crippen molar-refractivity contribution >= 4 is 60.8 Å². The van der Waals surface area contributed by atoms with E-state index in [0.29, 0.717) is 12.3 Å². The standard InChI is InChI=1S/C14H15N5OS3/c1-3-19(13-16-9-6-4-5-7-10(9)22-13)11(20)8-21-14-18-17-12(15-2)23-14/h4-7H,3,8H2,1-2H3,(H,15,17). The number of nitrogens with one attached hydrogen (secondary N) is 1. The number of fused-ring (bicyclic) bond motifs is 1. The fourth-order valence-corrected chi connectivity index (χ4v) is 4.59. The highest BCUT2D eigenvalue weighted by molar-refractivity contribution is 8.01. The number of thiazole rings is 1. The second-order valence-electron chi connectivity index (χ2n) is 4.51. The predicted octanol–water partition coefficient (Wildman–Crippen LogP) is 3.33. The Morgan fingerprint density at radius 2 is 2.13 bits per heavy atom. The molecule has 0 unspecified atom stereocenters. The molecule has 0 fully saturated rings. The number of rotatable bonds is 6. The van der Waals surface area contributed by atoms with Crippen molar-refractivity contribution in [2.75, 3.05) is 29.6 Å². The summed E-state index contributed by atoms with van der Waals surface area (Å²) < 4.78 is 1.87. The molecule has 0 aliphatic rings. The number of benzene rings is 1. The zero-order valence-corrected chi connectivity index (χ0v) is 15.1. The van der Waals surface area contributed by atoms with E-state index in [0.717, 1.165) is 24.8 Å². The van der Waals surface area contributed by atoms with Crippen molar-refractivity contribution < 1.29 is 4.79 Å². The lowest BCUT2D eigenvalue weighted by molar-refractivity contribution is -0.116. The van der Waals surface area contributed by atoms with Gasteiger partial charge in [0.15, 0.2) is 9.47 Å². The molecule has 1 amide bonds. The van der Waals surface area contributed by atoms with Gasteiger partial charge in [0.25, 0.3) is 0 Å². The van der Waals surface area contributed by atoms with Gasteiger partial charge in [-0.25, -0.2) is 4.98 Å². The summed E-state index contributed by atoms with van der Waals surface area (Å²) in [6.45, 7) is 2.55. The normalized spacial score (nSPS) is 10.9. The number of amides is 1. The molecule has 120 valence electrons. The van der Waals surface area contributed by atoms with Crippen LogP contribution in [0.3, 0.4) is 0 Å². The second-order valence-corrected chi connectivity index (χ2v) is 7.72. The third kappa shape index (κ3) is 3.62. The highest BCUT2D eigenvalue weighted by atomic mass is 32.2. The first-order valence-electron chi connectivity index (χ1n) is 7.01. The van der Waals surface area contributed by atoms with Gasteiger partial charge in [0.05, 0.1) is 16.0 Å². The molecule has 2 aromatic heterocycles. The minimum Gasteiger partial charge on any atom is -0.363 e. The van der Waals surface area contributed by atoms with E-state index in [4.69, 9.17) is 0 Å². The van der Waals surface area contributed by atoms with Crippen molar-refractivity contribution in [3.63, 3.8) is 0 Å². The fraction of sp³-hybridized carbons (Fsp3) is 0.286. The average Bonchev–Trinajstić information content (AvgIpc) is 3.20. The lowest BCUT2D eigenvalue weighted by Crippen LogP contribution is -2.31. The van der Waals surface area contributed by atoms with Crippen LogP contribution in [0.2, 0.25) is 0 Å². The van der Waals surface area contributed by atoms with Crippen molar-refractivity contribution in [3.05, 3.63) is 24.3 Å². The summed E-state index contributed by atoms with van der Waals surface area (Å²) >= 11 is 4.38. The number of aromatic nitrogens is 3. The van der Waals surface area contributed by atoms with Crippen LogP contribution in [0, 0.1) is 0 Å². The summed E-state index contributed by atoms with van der Waals surface area (Å²) in [5, 5.41) is 12.4. The first-order chi connectivity index (χ1) is 11.2. The highest BCUT2D eigenvalue weighted by Crippen LogP contribution is 2.30. The van der Waals surface area contributed by atoms with Crippen LogP contribution in [0.25, 0.3) is 10.2 Å². The monoisotopic (exact) mass is 365 g/mol. The van der Waals surface area contributed by atoms with Crippen LogP contribution in [-0.4, -0.2) is 40.4 Å². The molecule has 2 heterocycles. The average molecular weight is 366 g/mol. The van der Waals surface area contributed by atoms with E-state index in [1.165, 1.54) is 34.4 Å². The van der Waals surface area contributed by atoms with Gasteiger partial charge in [0, 0.05) is 13.6 Å². The van der Waals surface area contributed by atoms with Crippen LogP contribution in [-0.2, 0) is 4.79 Å². The maximum Gasteiger partial charge on any atom is 0.239 e. The number of carbonyl (C=O) groups is 1. The van der Waals surface area contributed by atoms with Crippen LogP contribution < -0.4 is 10.2 Å². The van der Waals surface area contributed by atoms with E-state index in [1.807, 2.05) is 31.2 Å². The first kappa shape index (κ1) is 16.2. The molecule has 1 N–H and O–H groups in total. The first-order valence-corrected chi connectivity index (χ1v) is 9.63. The number of hydrogen-bond acceptors (Lipinski definition) is 8.